The second-order valence-electron chi connectivity index (χ2n) is 7.68. The number of nitrogens with zero attached hydrogens (tertiary/aromatic N) is 2. The smallest absolute Gasteiger partial charge is 0.168 e. The monoisotopic (exact) mass is 384 g/mol. The zero-order valence-electron chi connectivity index (χ0n) is 16.5. The number of aliphatic imine (C=N–C) groups is 1. The lowest BCUT2D eigenvalue weighted by molar-refractivity contribution is -0.112. The number of rotatable bonds is 3. The molecule has 0 amide bonds. The van der Waals surface area contributed by atoms with E-state index >= 15 is 0 Å². The van der Waals surface area contributed by atoms with Gasteiger partial charge in [-0.2, -0.15) is 0 Å². The van der Waals surface area contributed by atoms with E-state index in [1.807, 2.05) is 27.0 Å². The average Bonchev–Trinajstić information content (AvgIpc) is 3.26. The number of ketones is 1. The van der Waals surface area contributed by atoms with Crippen molar-refractivity contribution in [1.29, 1.82) is 0 Å². The van der Waals surface area contributed by atoms with Crippen LogP contribution in [0, 0.1) is 5.82 Å². The van der Waals surface area contributed by atoms with Crippen LogP contribution in [0.3, 0.4) is 0 Å². The number of amidine groups is 1. The van der Waals surface area contributed by atoms with Crippen LogP contribution >= 0.6 is 0 Å². The van der Waals surface area contributed by atoms with Crippen molar-refractivity contribution in [3.05, 3.63) is 46.4 Å². The molecule has 4 rings (SSSR count). The number of ether oxygens (including phenoxy) is 2. The molecule has 0 spiro atoms. The Hall–Kier alpha value is -2.47. The van der Waals surface area contributed by atoms with Crippen molar-refractivity contribution in [3.63, 3.8) is 0 Å². The molecular formula is C22H25FN2O3. The summed E-state index contributed by atoms with van der Waals surface area (Å²) >= 11 is 0. The zero-order chi connectivity index (χ0) is 19.8. The third kappa shape index (κ3) is 3.49. The number of carbonyl (C=O) groups excluding carboxylic acids is 1. The molecule has 0 saturated carbocycles. The lowest BCUT2D eigenvalue weighted by Crippen LogP contribution is -2.40. The molecule has 0 radical (unpaired) electrons. The fourth-order valence-corrected chi connectivity index (χ4v) is 3.96. The third-order valence-corrected chi connectivity index (χ3v) is 5.37. The molecule has 1 saturated heterocycles. The molecule has 2 heterocycles. The molecule has 0 unspecified atom stereocenters. The Morgan fingerprint density at radius 3 is 2.71 bits per heavy atom. The summed E-state index contributed by atoms with van der Waals surface area (Å²) in [6.45, 7) is 8.77. The summed E-state index contributed by atoms with van der Waals surface area (Å²) < 4.78 is 25.3. The Balaban J connectivity index is 1.62. The van der Waals surface area contributed by atoms with E-state index in [2.05, 4.69) is 9.89 Å². The number of allylic oxidation sites excluding steroid dienone is 2. The summed E-state index contributed by atoms with van der Waals surface area (Å²) in [7, 11) is 0. The van der Waals surface area contributed by atoms with Gasteiger partial charge >= 0.3 is 0 Å². The quantitative estimate of drug-likeness (QED) is 0.748. The molecule has 1 fully saturated rings. The van der Waals surface area contributed by atoms with Gasteiger partial charge < -0.3 is 14.4 Å². The minimum Gasteiger partial charge on any atom is -0.488 e. The van der Waals surface area contributed by atoms with Gasteiger partial charge in [0.15, 0.2) is 17.3 Å². The van der Waals surface area contributed by atoms with Crippen molar-refractivity contribution in [2.24, 2.45) is 4.99 Å². The zero-order valence-corrected chi connectivity index (χ0v) is 16.5. The van der Waals surface area contributed by atoms with Gasteiger partial charge in [0.2, 0.25) is 0 Å². The molecule has 0 N–H and O–H groups in total. The van der Waals surface area contributed by atoms with E-state index in [0.717, 1.165) is 41.2 Å². The first-order valence-corrected chi connectivity index (χ1v) is 9.76. The summed E-state index contributed by atoms with van der Waals surface area (Å²) in [6.07, 6.45) is 2.65. The first kappa shape index (κ1) is 18.9. The van der Waals surface area contributed by atoms with Crippen molar-refractivity contribution < 1.29 is 18.7 Å². The highest BCUT2D eigenvalue weighted by Gasteiger charge is 2.30. The molecule has 0 bridgehead atoms. The van der Waals surface area contributed by atoms with E-state index in [-0.39, 0.29) is 24.1 Å². The van der Waals surface area contributed by atoms with E-state index < -0.39 is 5.82 Å². The van der Waals surface area contributed by atoms with Crippen molar-refractivity contribution in [1.82, 2.24) is 4.90 Å². The van der Waals surface area contributed by atoms with Gasteiger partial charge in [-0.3, -0.25) is 4.79 Å². The topological polar surface area (TPSA) is 51.1 Å². The number of carbonyl (C=O) groups is 1. The Labute approximate surface area is 164 Å². The molecule has 148 valence electrons. The van der Waals surface area contributed by atoms with Crippen molar-refractivity contribution in [2.75, 3.05) is 26.3 Å². The summed E-state index contributed by atoms with van der Waals surface area (Å²) in [5, 5.41) is 0. The van der Waals surface area contributed by atoms with E-state index in [9.17, 15) is 9.18 Å². The van der Waals surface area contributed by atoms with Crippen LogP contribution in [0.5, 0.6) is 5.75 Å². The normalized spacial score (nSPS) is 21.0. The molecule has 1 aromatic carbocycles. The van der Waals surface area contributed by atoms with Crippen LogP contribution in [-0.4, -0.2) is 48.9 Å². The van der Waals surface area contributed by atoms with E-state index in [1.54, 1.807) is 6.07 Å². The van der Waals surface area contributed by atoms with Crippen LogP contribution < -0.4 is 4.74 Å². The highest BCUT2D eigenvalue weighted by molar-refractivity contribution is 6.27. The maximum Gasteiger partial charge on any atom is 0.168 e. The van der Waals surface area contributed by atoms with Crippen LogP contribution in [0.4, 0.5) is 4.39 Å². The number of Topliss-reactive ketones (excluding diaryl/α,β-unsaturated/α-hetero) is 1. The van der Waals surface area contributed by atoms with Gasteiger partial charge in [-0.1, -0.05) is 0 Å². The maximum absolute atomic E-state index is 14.3. The fraction of sp³-hybridized carbons (Fsp3) is 0.455. The van der Waals surface area contributed by atoms with Gasteiger partial charge in [-0.15, -0.1) is 0 Å². The Morgan fingerprint density at radius 2 is 2.00 bits per heavy atom. The number of benzene rings is 1. The first-order valence-electron chi connectivity index (χ1n) is 9.76. The Morgan fingerprint density at radius 1 is 1.25 bits per heavy atom. The molecular weight excluding hydrogens is 359 g/mol. The van der Waals surface area contributed by atoms with Gasteiger partial charge in [-0.25, -0.2) is 9.38 Å². The maximum atomic E-state index is 14.3. The van der Waals surface area contributed by atoms with Crippen molar-refractivity contribution in [2.45, 2.75) is 39.7 Å². The van der Waals surface area contributed by atoms with Gasteiger partial charge in [0.1, 0.15) is 5.84 Å². The third-order valence-electron chi connectivity index (χ3n) is 5.37. The van der Waals surface area contributed by atoms with E-state index in [0.29, 0.717) is 25.2 Å². The molecule has 0 atom stereocenters. The summed E-state index contributed by atoms with van der Waals surface area (Å²) in [5.74, 6) is 0.817. The second-order valence-corrected chi connectivity index (χ2v) is 7.68. The van der Waals surface area contributed by atoms with Gasteiger partial charge in [0, 0.05) is 37.7 Å². The molecule has 1 aromatic rings. The van der Waals surface area contributed by atoms with Gasteiger partial charge in [-0.05, 0) is 55.2 Å². The standard InChI is InChI=1S/C22H25FN2O3/c1-13(2)28-20-11-17-15(8-18(20)23)9-19(26)22(17)14(3)16-10-21(24-12-16)25-4-6-27-7-5-25/h8,11-13H,4-7,9-10H2,1-3H3/b22-14-. The minimum absolute atomic E-state index is 0.0225. The fourth-order valence-electron chi connectivity index (χ4n) is 3.96. The second kappa shape index (κ2) is 7.51. The van der Waals surface area contributed by atoms with E-state index in [4.69, 9.17) is 9.47 Å². The Bertz CT molecular complexity index is 909. The van der Waals surface area contributed by atoms with Crippen LogP contribution in [0.15, 0.2) is 34.5 Å². The molecule has 5 nitrogen and oxygen atoms in total. The lowest BCUT2D eigenvalue weighted by atomic mass is 9.95. The number of fused-ring (bicyclic) bond motifs is 1. The SMILES string of the molecule is C/C(C1=CN=C(N2CCOCC2)C1)=C1/C(=O)Cc2cc(F)c(OC(C)C)cc21. The number of hydrogen-bond acceptors (Lipinski definition) is 5. The first-order chi connectivity index (χ1) is 13.4. The molecule has 3 aliphatic rings. The highest BCUT2D eigenvalue weighted by Crippen LogP contribution is 2.39. The van der Waals surface area contributed by atoms with Crippen molar-refractivity contribution in [3.8, 4) is 5.75 Å². The van der Waals surface area contributed by atoms with Crippen LogP contribution in [0.2, 0.25) is 0 Å². The summed E-state index contributed by atoms with van der Waals surface area (Å²) in [5.41, 5.74) is 4.11. The molecule has 1 aliphatic carbocycles. The predicted molar refractivity (Wildman–Crippen MR) is 106 cm³/mol. The number of halogens is 1. The lowest BCUT2D eigenvalue weighted by Gasteiger charge is -2.28. The van der Waals surface area contributed by atoms with E-state index in [1.165, 1.54) is 6.07 Å². The molecule has 28 heavy (non-hydrogen) atoms. The molecule has 6 heteroatoms. The van der Waals surface area contributed by atoms with Crippen molar-refractivity contribution >= 4 is 17.2 Å². The largest absolute Gasteiger partial charge is 0.488 e. The highest BCUT2D eigenvalue weighted by atomic mass is 19.1. The number of hydrogen-bond donors (Lipinski definition) is 0. The molecule has 0 aromatic heterocycles. The van der Waals surface area contributed by atoms with Crippen LogP contribution in [-0.2, 0) is 16.0 Å². The minimum atomic E-state index is -0.419. The van der Waals surface area contributed by atoms with Crippen LogP contribution in [0.25, 0.3) is 5.57 Å². The predicted octanol–water partition coefficient (Wildman–Crippen LogP) is 3.53. The summed E-state index contributed by atoms with van der Waals surface area (Å²) in [6, 6.07) is 3.11. The van der Waals surface area contributed by atoms with Gasteiger partial charge in [0.05, 0.1) is 19.3 Å². The van der Waals surface area contributed by atoms with Gasteiger partial charge in [0.25, 0.3) is 0 Å². The Kier molecular flexibility index (Phi) is 5.06. The summed E-state index contributed by atoms with van der Waals surface area (Å²) in [4.78, 5) is 19.6. The van der Waals surface area contributed by atoms with Crippen LogP contribution in [0.1, 0.15) is 38.3 Å². The average molecular weight is 384 g/mol. The number of morpholine rings is 1. The molecule has 2 aliphatic heterocycles.